The van der Waals surface area contributed by atoms with Gasteiger partial charge < -0.3 is 19.5 Å². The lowest BCUT2D eigenvalue weighted by Crippen LogP contribution is -2.12. The van der Waals surface area contributed by atoms with Crippen molar-refractivity contribution in [1.29, 1.82) is 0 Å². The van der Waals surface area contributed by atoms with Gasteiger partial charge in [-0.05, 0) is 36.4 Å². The predicted octanol–water partition coefficient (Wildman–Crippen LogP) is 3.14. The van der Waals surface area contributed by atoms with Crippen molar-refractivity contribution in [1.82, 2.24) is 9.97 Å². The van der Waals surface area contributed by atoms with Crippen molar-refractivity contribution in [3.63, 3.8) is 0 Å². The van der Waals surface area contributed by atoms with Crippen LogP contribution in [-0.4, -0.2) is 37.3 Å². The van der Waals surface area contributed by atoms with Crippen LogP contribution in [0.4, 0.5) is 5.82 Å². The normalized spacial score (nSPS) is 10.4. The summed E-state index contributed by atoms with van der Waals surface area (Å²) in [6, 6.07) is 13.2. The molecule has 0 spiro atoms. The average molecular weight is 325 g/mol. The highest BCUT2D eigenvalue weighted by atomic mass is 16.5. The van der Waals surface area contributed by atoms with Crippen LogP contribution in [0, 0.1) is 0 Å². The first kappa shape index (κ1) is 15.9. The van der Waals surface area contributed by atoms with E-state index in [1.165, 1.54) is 6.33 Å². The third-order valence-electron chi connectivity index (χ3n) is 3.57. The molecular weight excluding hydrogens is 306 g/mol. The fourth-order valence-corrected chi connectivity index (χ4v) is 2.31. The van der Waals surface area contributed by atoms with E-state index in [-0.39, 0.29) is 0 Å². The number of methoxy groups -OCH3 is 2. The van der Waals surface area contributed by atoms with Crippen LogP contribution in [0.3, 0.4) is 0 Å². The number of benzene rings is 2. The van der Waals surface area contributed by atoms with Crippen molar-refractivity contribution in [2.45, 2.75) is 0 Å². The van der Waals surface area contributed by atoms with E-state index in [1.54, 1.807) is 14.2 Å². The van der Waals surface area contributed by atoms with Crippen LogP contribution in [-0.2, 0) is 0 Å². The first-order valence-corrected chi connectivity index (χ1v) is 7.59. The van der Waals surface area contributed by atoms with E-state index < -0.39 is 0 Å². The van der Waals surface area contributed by atoms with Crippen LogP contribution >= 0.6 is 0 Å². The summed E-state index contributed by atoms with van der Waals surface area (Å²) in [4.78, 5) is 8.56. The van der Waals surface area contributed by atoms with Crippen LogP contribution < -0.4 is 19.5 Å². The molecule has 0 aliphatic carbocycles. The number of aromatic nitrogens is 2. The lowest BCUT2D eigenvalue weighted by Gasteiger charge is -2.10. The molecule has 0 saturated heterocycles. The van der Waals surface area contributed by atoms with Crippen molar-refractivity contribution in [2.75, 3.05) is 32.7 Å². The van der Waals surface area contributed by atoms with E-state index in [1.807, 2.05) is 42.5 Å². The largest absolute Gasteiger partial charge is 0.497 e. The molecule has 0 aliphatic rings. The van der Waals surface area contributed by atoms with Crippen molar-refractivity contribution >= 4 is 16.7 Å². The Morgan fingerprint density at radius 2 is 1.58 bits per heavy atom. The Labute approximate surface area is 140 Å². The van der Waals surface area contributed by atoms with Crippen LogP contribution in [0.1, 0.15) is 0 Å². The summed E-state index contributed by atoms with van der Waals surface area (Å²) in [7, 11) is 3.28. The molecule has 6 heteroatoms. The van der Waals surface area contributed by atoms with Gasteiger partial charge in [-0.1, -0.05) is 0 Å². The van der Waals surface area contributed by atoms with Crippen molar-refractivity contribution in [2.24, 2.45) is 0 Å². The Bertz CT molecular complexity index is 806. The van der Waals surface area contributed by atoms with E-state index >= 15 is 0 Å². The summed E-state index contributed by atoms with van der Waals surface area (Å²) >= 11 is 0. The number of hydrogen-bond donors (Lipinski definition) is 1. The van der Waals surface area contributed by atoms with Gasteiger partial charge in [0.1, 0.15) is 36.0 Å². The second kappa shape index (κ2) is 7.50. The van der Waals surface area contributed by atoms with Gasteiger partial charge in [-0.3, -0.25) is 0 Å². The van der Waals surface area contributed by atoms with Gasteiger partial charge in [-0.15, -0.1) is 0 Å². The third kappa shape index (κ3) is 3.65. The van der Waals surface area contributed by atoms with Crippen LogP contribution in [0.2, 0.25) is 0 Å². The minimum atomic E-state index is 0.522. The van der Waals surface area contributed by atoms with Gasteiger partial charge in [-0.2, -0.15) is 0 Å². The summed E-state index contributed by atoms with van der Waals surface area (Å²) in [6.07, 6.45) is 1.54. The Morgan fingerprint density at radius 3 is 2.33 bits per heavy atom. The fourth-order valence-electron chi connectivity index (χ4n) is 2.31. The zero-order valence-electron chi connectivity index (χ0n) is 13.7. The number of hydrogen-bond acceptors (Lipinski definition) is 6. The minimum absolute atomic E-state index is 0.522. The average Bonchev–Trinajstić information content (AvgIpc) is 2.65. The van der Waals surface area contributed by atoms with Crippen molar-refractivity contribution < 1.29 is 14.2 Å². The summed E-state index contributed by atoms with van der Waals surface area (Å²) in [5, 5.41) is 4.22. The van der Waals surface area contributed by atoms with Crippen molar-refractivity contribution in [3.05, 3.63) is 48.8 Å². The number of nitrogens with one attached hydrogen (secondary N) is 1. The van der Waals surface area contributed by atoms with Crippen LogP contribution in [0.15, 0.2) is 48.8 Å². The van der Waals surface area contributed by atoms with Gasteiger partial charge in [0.2, 0.25) is 0 Å². The molecule has 0 bridgehead atoms. The van der Waals surface area contributed by atoms with Crippen molar-refractivity contribution in [3.8, 4) is 17.2 Å². The van der Waals surface area contributed by atoms with Gasteiger partial charge >= 0.3 is 0 Å². The molecule has 0 unspecified atom stereocenters. The number of nitrogens with zero attached hydrogens (tertiary/aromatic N) is 2. The monoisotopic (exact) mass is 325 g/mol. The van der Waals surface area contributed by atoms with Gasteiger partial charge in [-0.25, -0.2) is 9.97 Å². The lowest BCUT2D eigenvalue weighted by molar-refractivity contribution is 0.331. The number of ether oxygens (including phenoxy) is 3. The van der Waals surface area contributed by atoms with E-state index in [0.717, 1.165) is 34.0 Å². The molecule has 24 heavy (non-hydrogen) atoms. The maximum atomic E-state index is 5.69. The highest BCUT2D eigenvalue weighted by molar-refractivity contribution is 5.89. The quantitative estimate of drug-likeness (QED) is 0.673. The molecule has 0 atom stereocenters. The highest BCUT2D eigenvalue weighted by Crippen LogP contribution is 2.23. The number of anilines is 1. The standard InChI is InChI=1S/C18H19N3O3/c1-22-13-3-5-14(6-4-13)24-10-9-19-18-16-8-7-15(23-2)11-17(16)20-12-21-18/h3-8,11-12H,9-10H2,1-2H3,(H,19,20,21). The molecule has 0 saturated carbocycles. The minimum Gasteiger partial charge on any atom is -0.497 e. The number of rotatable bonds is 7. The van der Waals surface area contributed by atoms with E-state index in [9.17, 15) is 0 Å². The van der Waals surface area contributed by atoms with Crippen LogP contribution in [0.25, 0.3) is 10.9 Å². The third-order valence-corrected chi connectivity index (χ3v) is 3.57. The first-order valence-electron chi connectivity index (χ1n) is 7.59. The van der Waals surface area contributed by atoms with E-state index in [4.69, 9.17) is 14.2 Å². The molecule has 0 amide bonds. The highest BCUT2D eigenvalue weighted by Gasteiger charge is 2.04. The Balaban J connectivity index is 1.59. The van der Waals surface area contributed by atoms with Crippen LogP contribution in [0.5, 0.6) is 17.2 Å². The SMILES string of the molecule is COc1ccc(OCCNc2ncnc3cc(OC)ccc23)cc1. The van der Waals surface area contributed by atoms with Gasteiger partial charge in [0.05, 0.1) is 26.3 Å². The molecule has 1 aromatic heterocycles. The Hall–Kier alpha value is -3.02. The molecule has 6 nitrogen and oxygen atoms in total. The molecular formula is C18H19N3O3. The summed E-state index contributed by atoms with van der Waals surface area (Å²) in [6.45, 7) is 1.15. The summed E-state index contributed by atoms with van der Waals surface area (Å²) < 4.78 is 16.0. The second-order valence-corrected chi connectivity index (χ2v) is 5.06. The zero-order chi connectivity index (χ0) is 16.8. The van der Waals surface area contributed by atoms with E-state index in [0.29, 0.717) is 13.2 Å². The topological polar surface area (TPSA) is 65.5 Å². The zero-order valence-corrected chi connectivity index (χ0v) is 13.7. The Morgan fingerprint density at radius 1 is 0.875 bits per heavy atom. The summed E-state index contributed by atoms with van der Waals surface area (Å²) in [5.74, 6) is 3.16. The second-order valence-electron chi connectivity index (χ2n) is 5.06. The smallest absolute Gasteiger partial charge is 0.137 e. The molecule has 1 N–H and O–H groups in total. The Kier molecular flexibility index (Phi) is 4.96. The lowest BCUT2D eigenvalue weighted by atomic mass is 10.2. The molecule has 0 fully saturated rings. The maximum absolute atomic E-state index is 5.69. The number of fused-ring (bicyclic) bond motifs is 1. The molecule has 0 aliphatic heterocycles. The van der Waals surface area contributed by atoms with E-state index in [2.05, 4.69) is 15.3 Å². The summed E-state index contributed by atoms with van der Waals surface area (Å²) in [5.41, 5.74) is 0.836. The molecule has 2 aromatic carbocycles. The molecule has 1 heterocycles. The first-order chi connectivity index (χ1) is 11.8. The fraction of sp³-hybridized carbons (Fsp3) is 0.222. The maximum Gasteiger partial charge on any atom is 0.137 e. The molecule has 3 aromatic rings. The van der Waals surface area contributed by atoms with Gasteiger partial charge in [0.25, 0.3) is 0 Å². The van der Waals surface area contributed by atoms with Gasteiger partial charge in [0, 0.05) is 11.5 Å². The molecule has 3 rings (SSSR count). The molecule has 124 valence electrons. The predicted molar refractivity (Wildman–Crippen MR) is 93.1 cm³/mol. The molecule has 0 radical (unpaired) electrons. The van der Waals surface area contributed by atoms with Gasteiger partial charge in [0.15, 0.2) is 0 Å².